The predicted octanol–water partition coefficient (Wildman–Crippen LogP) is 4.15. The van der Waals surface area contributed by atoms with Crippen molar-refractivity contribution in [1.29, 1.82) is 0 Å². The minimum absolute atomic E-state index is 0.214. The van der Waals surface area contributed by atoms with Gasteiger partial charge in [-0.25, -0.2) is 4.79 Å². The van der Waals surface area contributed by atoms with Crippen LogP contribution in [0.1, 0.15) is 20.7 Å². The van der Waals surface area contributed by atoms with Gasteiger partial charge in [0.25, 0.3) is 11.8 Å². The number of fused-ring (bicyclic) bond motifs is 2. The van der Waals surface area contributed by atoms with Crippen LogP contribution in [0.4, 0.5) is 5.69 Å². The SMILES string of the molecule is CNC(=O)c1ccc(NC(=O)COC(=O)c2c3ccccc3cc3ccccc23)cc1. The molecule has 0 aliphatic carbocycles. The van der Waals surface area contributed by atoms with E-state index in [-0.39, 0.29) is 5.91 Å². The summed E-state index contributed by atoms with van der Waals surface area (Å²) in [5.41, 5.74) is 1.43. The van der Waals surface area contributed by atoms with Crippen LogP contribution in [0.5, 0.6) is 0 Å². The molecule has 6 heteroatoms. The molecule has 0 saturated heterocycles. The van der Waals surface area contributed by atoms with Gasteiger partial charge < -0.3 is 15.4 Å². The lowest BCUT2D eigenvalue weighted by molar-refractivity contribution is -0.119. The van der Waals surface area contributed by atoms with Crippen molar-refractivity contribution >= 4 is 45.0 Å². The van der Waals surface area contributed by atoms with Gasteiger partial charge in [0.15, 0.2) is 6.61 Å². The van der Waals surface area contributed by atoms with Crippen LogP contribution in [0.3, 0.4) is 0 Å². The Balaban J connectivity index is 1.50. The van der Waals surface area contributed by atoms with Gasteiger partial charge in [-0.3, -0.25) is 9.59 Å². The van der Waals surface area contributed by atoms with Crippen LogP contribution in [0.2, 0.25) is 0 Å². The van der Waals surface area contributed by atoms with Crippen molar-refractivity contribution in [2.75, 3.05) is 19.0 Å². The van der Waals surface area contributed by atoms with E-state index in [1.54, 1.807) is 31.3 Å². The Morgan fingerprint density at radius 2 is 1.39 bits per heavy atom. The highest BCUT2D eigenvalue weighted by atomic mass is 16.5. The number of carbonyl (C=O) groups is 3. The molecule has 0 bridgehead atoms. The van der Waals surface area contributed by atoms with E-state index in [1.807, 2.05) is 54.6 Å². The summed E-state index contributed by atoms with van der Waals surface area (Å²) in [5, 5.41) is 8.59. The van der Waals surface area contributed by atoms with Gasteiger partial charge in [0.1, 0.15) is 0 Å². The van der Waals surface area contributed by atoms with Gasteiger partial charge in [0.05, 0.1) is 5.56 Å². The number of hydrogen-bond acceptors (Lipinski definition) is 4. The summed E-state index contributed by atoms with van der Waals surface area (Å²) in [6, 6.07) is 23.6. The van der Waals surface area contributed by atoms with E-state index in [9.17, 15) is 14.4 Å². The van der Waals surface area contributed by atoms with E-state index in [1.165, 1.54) is 0 Å². The Bertz CT molecular complexity index is 1240. The second kappa shape index (κ2) is 8.67. The van der Waals surface area contributed by atoms with Crippen LogP contribution in [0, 0.1) is 0 Å². The third-order valence-corrected chi connectivity index (χ3v) is 4.97. The quantitative estimate of drug-likeness (QED) is 0.381. The van der Waals surface area contributed by atoms with Crippen LogP contribution >= 0.6 is 0 Å². The molecule has 0 heterocycles. The van der Waals surface area contributed by atoms with E-state index in [4.69, 9.17) is 4.74 Å². The minimum Gasteiger partial charge on any atom is -0.452 e. The molecular weight excluding hydrogens is 392 g/mol. The molecule has 0 aromatic heterocycles. The van der Waals surface area contributed by atoms with Gasteiger partial charge in [0, 0.05) is 18.3 Å². The van der Waals surface area contributed by atoms with E-state index >= 15 is 0 Å². The smallest absolute Gasteiger partial charge is 0.339 e. The first kappa shape index (κ1) is 20.1. The van der Waals surface area contributed by atoms with Crippen molar-refractivity contribution in [3.8, 4) is 0 Å². The number of benzene rings is 4. The largest absolute Gasteiger partial charge is 0.452 e. The van der Waals surface area contributed by atoms with Crippen LogP contribution in [0.15, 0.2) is 78.9 Å². The Labute approximate surface area is 178 Å². The zero-order valence-electron chi connectivity index (χ0n) is 16.8. The lowest BCUT2D eigenvalue weighted by Gasteiger charge is -2.12. The molecule has 0 fully saturated rings. The van der Waals surface area contributed by atoms with Gasteiger partial charge in [-0.1, -0.05) is 48.5 Å². The van der Waals surface area contributed by atoms with Crippen LogP contribution in [-0.2, 0) is 9.53 Å². The fourth-order valence-corrected chi connectivity index (χ4v) is 3.48. The van der Waals surface area contributed by atoms with Gasteiger partial charge in [-0.15, -0.1) is 0 Å². The highest BCUT2D eigenvalue weighted by Crippen LogP contribution is 2.29. The van der Waals surface area contributed by atoms with Crippen LogP contribution in [-0.4, -0.2) is 31.4 Å². The average Bonchev–Trinajstić information content (AvgIpc) is 2.81. The average molecular weight is 412 g/mol. The summed E-state index contributed by atoms with van der Waals surface area (Å²) in [6.45, 7) is -0.423. The molecule has 0 saturated carbocycles. The molecule has 4 aromatic carbocycles. The maximum absolute atomic E-state index is 12.9. The zero-order chi connectivity index (χ0) is 21.8. The maximum Gasteiger partial charge on any atom is 0.339 e. The first-order chi connectivity index (χ1) is 15.1. The number of hydrogen-bond donors (Lipinski definition) is 2. The molecule has 0 radical (unpaired) electrons. The highest BCUT2D eigenvalue weighted by molar-refractivity contribution is 6.16. The Morgan fingerprint density at radius 3 is 1.97 bits per heavy atom. The zero-order valence-corrected chi connectivity index (χ0v) is 16.8. The lowest BCUT2D eigenvalue weighted by Crippen LogP contribution is -2.21. The number of amides is 2. The summed E-state index contributed by atoms with van der Waals surface area (Å²) in [7, 11) is 1.55. The monoisotopic (exact) mass is 412 g/mol. The molecule has 2 amide bonds. The van der Waals surface area contributed by atoms with Crippen LogP contribution in [0.25, 0.3) is 21.5 Å². The van der Waals surface area contributed by atoms with Crippen molar-refractivity contribution in [2.45, 2.75) is 0 Å². The van der Waals surface area contributed by atoms with Gasteiger partial charge in [-0.2, -0.15) is 0 Å². The van der Waals surface area contributed by atoms with Crippen LogP contribution < -0.4 is 10.6 Å². The van der Waals surface area contributed by atoms with Crippen molar-refractivity contribution in [3.05, 3.63) is 90.0 Å². The predicted molar refractivity (Wildman–Crippen MR) is 120 cm³/mol. The molecule has 0 spiro atoms. The van der Waals surface area contributed by atoms with E-state index in [0.29, 0.717) is 16.8 Å². The third-order valence-electron chi connectivity index (χ3n) is 4.97. The molecule has 0 unspecified atom stereocenters. The number of esters is 1. The summed E-state index contributed by atoms with van der Waals surface area (Å²) >= 11 is 0. The normalized spacial score (nSPS) is 10.6. The number of ether oxygens (including phenoxy) is 1. The number of nitrogens with one attached hydrogen (secondary N) is 2. The number of rotatable bonds is 5. The standard InChI is InChI=1S/C25H20N2O4/c1-26-24(29)16-10-12-19(13-11-16)27-22(28)15-31-25(30)23-20-8-4-2-6-17(20)14-18-7-3-5-9-21(18)23/h2-14H,15H2,1H3,(H,26,29)(H,27,28). The van der Waals surface area contributed by atoms with Gasteiger partial charge in [-0.05, 0) is 51.9 Å². The van der Waals surface area contributed by atoms with E-state index in [2.05, 4.69) is 10.6 Å². The molecule has 2 N–H and O–H groups in total. The number of anilines is 1. The van der Waals surface area contributed by atoms with E-state index in [0.717, 1.165) is 21.5 Å². The first-order valence-corrected chi connectivity index (χ1v) is 9.76. The molecular formula is C25H20N2O4. The summed E-state index contributed by atoms with van der Waals surface area (Å²) in [6.07, 6.45) is 0. The molecule has 0 aliphatic heterocycles. The van der Waals surface area contributed by atoms with E-state index < -0.39 is 18.5 Å². The molecule has 4 rings (SSSR count). The second-order valence-electron chi connectivity index (χ2n) is 6.97. The Hall–Kier alpha value is -4.19. The molecule has 154 valence electrons. The number of carbonyl (C=O) groups excluding carboxylic acids is 3. The van der Waals surface area contributed by atoms with Crippen molar-refractivity contribution < 1.29 is 19.1 Å². The molecule has 0 atom stereocenters. The highest BCUT2D eigenvalue weighted by Gasteiger charge is 2.17. The topological polar surface area (TPSA) is 84.5 Å². The fraction of sp³-hybridized carbons (Fsp3) is 0.0800. The molecule has 6 nitrogen and oxygen atoms in total. The third kappa shape index (κ3) is 4.23. The Morgan fingerprint density at radius 1 is 0.806 bits per heavy atom. The second-order valence-corrected chi connectivity index (χ2v) is 6.97. The molecule has 31 heavy (non-hydrogen) atoms. The molecule has 4 aromatic rings. The summed E-state index contributed by atoms with van der Waals surface area (Å²) in [4.78, 5) is 36.8. The first-order valence-electron chi connectivity index (χ1n) is 9.76. The minimum atomic E-state index is -0.557. The lowest BCUT2D eigenvalue weighted by atomic mass is 9.97. The summed E-state index contributed by atoms with van der Waals surface area (Å²) < 4.78 is 5.34. The van der Waals surface area contributed by atoms with Gasteiger partial charge in [0.2, 0.25) is 0 Å². The molecule has 0 aliphatic rings. The maximum atomic E-state index is 12.9. The summed E-state index contributed by atoms with van der Waals surface area (Å²) in [5.74, 6) is -1.24. The fourth-order valence-electron chi connectivity index (χ4n) is 3.48. The Kier molecular flexibility index (Phi) is 5.62. The van der Waals surface area contributed by atoms with Crippen molar-refractivity contribution in [1.82, 2.24) is 5.32 Å². The van der Waals surface area contributed by atoms with Crippen molar-refractivity contribution in [3.63, 3.8) is 0 Å². The van der Waals surface area contributed by atoms with Gasteiger partial charge >= 0.3 is 5.97 Å². The van der Waals surface area contributed by atoms with Crippen molar-refractivity contribution in [2.24, 2.45) is 0 Å².